The van der Waals surface area contributed by atoms with E-state index in [1.165, 1.54) is 12.8 Å². The van der Waals surface area contributed by atoms with E-state index in [0.29, 0.717) is 24.7 Å². The molecule has 6 rings (SSSR count). The highest BCUT2D eigenvalue weighted by Crippen LogP contribution is 2.32. The van der Waals surface area contributed by atoms with Crippen molar-refractivity contribution >= 4 is 28.4 Å². The van der Waals surface area contributed by atoms with Crippen molar-refractivity contribution in [3.63, 3.8) is 0 Å². The van der Waals surface area contributed by atoms with E-state index in [9.17, 15) is 4.79 Å². The number of hydrogen-bond acceptors (Lipinski definition) is 8. The fraction of sp³-hybridized carbons (Fsp3) is 0.533. The molecule has 3 saturated heterocycles. The minimum absolute atomic E-state index is 0.0849. The quantitative estimate of drug-likeness (QED) is 0.497. The van der Waals surface area contributed by atoms with Crippen LogP contribution in [0.25, 0.3) is 10.9 Å². The minimum Gasteiger partial charge on any atom is -0.493 e. The summed E-state index contributed by atoms with van der Waals surface area (Å²) in [6.45, 7) is 7.50. The predicted molar refractivity (Wildman–Crippen MR) is 155 cm³/mol. The Morgan fingerprint density at radius 3 is 2.52 bits per heavy atom. The molecule has 3 aliphatic heterocycles. The number of benzene rings is 1. The van der Waals surface area contributed by atoms with Crippen molar-refractivity contribution in [2.45, 2.75) is 31.6 Å². The van der Waals surface area contributed by atoms with Crippen LogP contribution >= 0.6 is 0 Å². The van der Waals surface area contributed by atoms with Gasteiger partial charge in [-0.05, 0) is 76.0 Å². The topological polar surface area (TPSA) is 96.0 Å². The third-order valence-electron chi connectivity index (χ3n) is 8.47. The summed E-state index contributed by atoms with van der Waals surface area (Å²) < 4.78 is 11.6. The number of nitrogens with zero attached hydrogens (tertiary/aromatic N) is 6. The zero-order valence-corrected chi connectivity index (χ0v) is 23.3. The number of hydrogen-bond donors (Lipinski definition) is 1. The maximum Gasteiger partial charge on any atom is 0.321 e. The SMILES string of the molecule is CN1CCC(COc2ccc3c(C4CCN(C(=O)Nc5ccc(N6CCOCC6)nc5)CC4)ncnc3c2)CC1. The summed E-state index contributed by atoms with van der Waals surface area (Å²) in [6.07, 6.45) is 7.49. The van der Waals surface area contributed by atoms with Crippen LogP contribution in [-0.4, -0.2) is 96.9 Å². The van der Waals surface area contributed by atoms with Gasteiger partial charge in [0, 0.05) is 43.5 Å². The molecule has 212 valence electrons. The van der Waals surface area contributed by atoms with Crippen LogP contribution in [0.1, 0.15) is 37.3 Å². The largest absolute Gasteiger partial charge is 0.493 e. The summed E-state index contributed by atoms with van der Waals surface area (Å²) in [5.41, 5.74) is 2.69. The summed E-state index contributed by atoms with van der Waals surface area (Å²) in [5, 5.41) is 4.08. The number of rotatable bonds is 6. The Hall–Kier alpha value is -3.50. The zero-order valence-electron chi connectivity index (χ0n) is 23.3. The Morgan fingerprint density at radius 1 is 0.975 bits per heavy atom. The van der Waals surface area contributed by atoms with E-state index >= 15 is 0 Å². The molecular weight excluding hydrogens is 506 g/mol. The van der Waals surface area contributed by atoms with Gasteiger partial charge in [0.15, 0.2) is 0 Å². The van der Waals surface area contributed by atoms with Gasteiger partial charge in [0.1, 0.15) is 17.9 Å². The number of urea groups is 1. The lowest BCUT2D eigenvalue weighted by atomic mass is 9.91. The van der Waals surface area contributed by atoms with Crippen LogP contribution in [0.4, 0.5) is 16.3 Å². The number of nitrogens with one attached hydrogen (secondary N) is 1. The van der Waals surface area contributed by atoms with Gasteiger partial charge in [0.2, 0.25) is 0 Å². The van der Waals surface area contributed by atoms with Gasteiger partial charge in [-0.15, -0.1) is 0 Å². The van der Waals surface area contributed by atoms with Crippen LogP contribution in [0.15, 0.2) is 42.9 Å². The number of piperidine rings is 2. The summed E-state index contributed by atoms with van der Waals surface area (Å²) in [7, 11) is 2.18. The Labute approximate surface area is 235 Å². The highest BCUT2D eigenvalue weighted by molar-refractivity contribution is 5.89. The van der Waals surface area contributed by atoms with Crippen LogP contribution in [0.5, 0.6) is 5.75 Å². The van der Waals surface area contributed by atoms with Gasteiger partial charge in [-0.25, -0.2) is 19.7 Å². The molecule has 0 spiro atoms. The first-order chi connectivity index (χ1) is 19.6. The molecule has 1 aromatic carbocycles. The minimum atomic E-state index is -0.0849. The maximum absolute atomic E-state index is 13.0. The molecule has 2 amide bonds. The Bertz CT molecular complexity index is 1280. The number of morpholine rings is 1. The molecule has 0 unspecified atom stereocenters. The second-order valence-electron chi connectivity index (χ2n) is 11.2. The van der Waals surface area contributed by atoms with Crippen LogP contribution in [0, 0.1) is 5.92 Å². The van der Waals surface area contributed by atoms with Crippen molar-refractivity contribution in [1.29, 1.82) is 0 Å². The number of anilines is 2. The van der Waals surface area contributed by atoms with E-state index in [-0.39, 0.29) is 11.9 Å². The number of pyridine rings is 1. The van der Waals surface area contributed by atoms with Gasteiger partial charge in [-0.3, -0.25) is 0 Å². The molecule has 2 aromatic heterocycles. The van der Waals surface area contributed by atoms with Crippen molar-refractivity contribution in [2.24, 2.45) is 5.92 Å². The number of ether oxygens (including phenoxy) is 2. The molecule has 0 aliphatic carbocycles. The molecule has 1 N–H and O–H groups in total. The van der Waals surface area contributed by atoms with Gasteiger partial charge >= 0.3 is 6.03 Å². The molecule has 0 atom stereocenters. The van der Waals surface area contributed by atoms with Crippen LogP contribution in [0.2, 0.25) is 0 Å². The molecule has 3 aliphatic rings. The standard InChI is InChI=1S/C30H39N7O3/c1-35-10-6-22(7-11-35)20-40-25-3-4-26-27(18-25)32-21-33-29(26)23-8-12-37(13-9-23)30(38)34-24-2-5-28(31-19-24)36-14-16-39-17-15-36/h2-5,18-19,21-23H,6-17,20H2,1H3,(H,34,38). The van der Waals surface area contributed by atoms with Gasteiger partial charge in [0.25, 0.3) is 0 Å². The van der Waals surface area contributed by atoms with E-state index in [4.69, 9.17) is 9.47 Å². The smallest absolute Gasteiger partial charge is 0.321 e. The van der Waals surface area contributed by atoms with E-state index < -0.39 is 0 Å². The Morgan fingerprint density at radius 2 is 1.77 bits per heavy atom. The zero-order chi connectivity index (χ0) is 27.3. The predicted octanol–water partition coefficient (Wildman–Crippen LogP) is 3.99. The van der Waals surface area contributed by atoms with Crippen LogP contribution < -0.4 is 15.0 Å². The fourth-order valence-corrected chi connectivity index (χ4v) is 5.91. The Balaban J connectivity index is 1.02. The Kier molecular flexibility index (Phi) is 8.24. The molecule has 40 heavy (non-hydrogen) atoms. The second kappa shape index (κ2) is 12.3. The number of fused-ring (bicyclic) bond motifs is 1. The normalized spacial score (nSPS) is 19.6. The lowest BCUT2D eigenvalue weighted by Crippen LogP contribution is -2.40. The number of aromatic nitrogens is 3. The maximum atomic E-state index is 13.0. The van der Waals surface area contributed by atoms with Crippen LogP contribution in [-0.2, 0) is 4.74 Å². The van der Waals surface area contributed by atoms with Gasteiger partial charge in [0.05, 0.1) is 42.9 Å². The first-order valence-electron chi connectivity index (χ1n) is 14.5. The van der Waals surface area contributed by atoms with Crippen molar-refractivity contribution < 1.29 is 14.3 Å². The lowest BCUT2D eigenvalue weighted by molar-refractivity contribution is 0.122. The molecule has 10 heteroatoms. The highest BCUT2D eigenvalue weighted by atomic mass is 16.5. The number of carbonyl (C=O) groups excluding carboxylic acids is 1. The van der Waals surface area contributed by atoms with E-state index in [0.717, 1.165) is 87.0 Å². The summed E-state index contributed by atoms with van der Waals surface area (Å²) in [6, 6.07) is 9.97. The molecule has 0 radical (unpaired) electrons. The summed E-state index contributed by atoms with van der Waals surface area (Å²) in [5.74, 6) is 2.68. The highest BCUT2D eigenvalue weighted by Gasteiger charge is 2.26. The molecule has 3 fully saturated rings. The molecule has 10 nitrogen and oxygen atoms in total. The fourth-order valence-electron chi connectivity index (χ4n) is 5.91. The lowest BCUT2D eigenvalue weighted by Gasteiger charge is -2.32. The van der Waals surface area contributed by atoms with E-state index in [1.54, 1.807) is 12.5 Å². The average molecular weight is 546 g/mol. The van der Waals surface area contributed by atoms with Gasteiger partial charge in [-0.2, -0.15) is 0 Å². The molecule has 0 bridgehead atoms. The van der Waals surface area contributed by atoms with E-state index in [2.05, 4.69) is 43.2 Å². The van der Waals surface area contributed by atoms with Crippen molar-refractivity contribution in [1.82, 2.24) is 24.8 Å². The monoisotopic (exact) mass is 545 g/mol. The first-order valence-corrected chi connectivity index (χ1v) is 14.5. The van der Waals surface area contributed by atoms with Crippen molar-refractivity contribution in [2.75, 3.05) is 76.4 Å². The molecule has 3 aromatic rings. The van der Waals surface area contributed by atoms with Gasteiger partial charge < -0.3 is 29.5 Å². The number of amides is 2. The third-order valence-corrected chi connectivity index (χ3v) is 8.47. The molecule has 0 saturated carbocycles. The van der Waals surface area contributed by atoms with Crippen molar-refractivity contribution in [3.05, 3.63) is 48.5 Å². The summed E-state index contributed by atoms with van der Waals surface area (Å²) >= 11 is 0. The number of likely N-dealkylation sites (tertiary alicyclic amines) is 2. The molecular formula is C30H39N7O3. The average Bonchev–Trinajstić information content (AvgIpc) is 3.01. The summed E-state index contributed by atoms with van der Waals surface area (Å²) in [4.78, 5) is 33.2. The number of carbonyl (C=O) groups is 1. The van der Waals surface area contributed by atoms with E-state index in [1.807, 2.05) is 29.2 Å². The third kappa shape index (κ3) is 6.28. The van der Waals surface area contributed by atoms with Crippen LogP contribution in [0.3, 0.4) is 0 Å². The van der Waals surface area contributed by atoms with Crippen molar-refractivity contribution in [3.8, 4) is 5.75 Å². The van der Waals surface area contributed by atoms with Gasteiger partial charge in [-0.1, -0.05) is 0 Å². The second-order valence-corrected chi connectivity index (χ2v) is 11.2. The first kappa shape index (κ1) is 26.7. The molecule has 5 heterocycles.